The van der Waals surface area contributed by atoms with Crippen LogP contribution in [0.4, 0.5) is 4.79 Å². The summed E-state index contributed by atoms with van der Waals surface area (Å²) in [5, 5.41) is 14.6. The molecule has 2 atom stereocenters. The van der Waals surface area contributed by atoms with Gasteiger partial charge in [-0.15, -0.1) is 0 Å². The second-order valence-electron chi connectivity index (χ2n) is 8.80. The van der Waals surface area contributed by atoms with Crippen LogP contribution < -0.4 is 10.6 Å². The molecule has 2 amide bonds. The molecule has 0 radical (unpaired) electrons. The number of fused-ring (bicyclic) bond motifs is 3. The van der Waals surface area contributed by atoms with Gasteiger partial charge in [0.05, 0.1) is 0 Å². The minimum atomic E-state index is -1.11. The van der Waals surface area contributed by atoms with Gasteiger partial charge in [-0.25, -0.2) is 9.59 Å². The minimum absolute atomic E-state index is 0.0842. The first-order valence-electron chi connectivity index (χ1n) is 11.6. The van der Waals surface area contributed by atoms with Gasteiger partial charge < -0.3 is 25.4 Å². The number of rotatable bonds is 11. The van der Waals surface area contributed by atoms with Crippen LogP contribution in [-0.2, 0) is 14.3 Å². The van der Waals surface area contributed by atoms with Crippen molar-refractivity contribution in [3.05, 3.63) is 59.7 Å². The quantitative estimate of drug-likeness (QED) is 0.468. The Bertz CT molecular complexity index is 978. The largest absolute Gasteiger partial charge is 0.480 e. The third-order valence-electron chi connectivity index (χ3n) is 6.01. The molecule has 0 spiro atoms. The van der Waals surface area contributed by atoms with E-state index in [-0.39, 0.29) is 18.9 Å². The molecule has 0 bridgehead atoms. The second kappa shape index (κ2) is 11.7. The van der Waals surface area contributed by atoms with Crippen molar-refractivity contribution in [2.24, 2.45) is 0 Å². The predicted molar refractivity (Wildman–Crippen MR) is 130 cm³/mol. The summed E-state index contributed by atoms with van der Waals surface area (Å²) in [7, 11) is 3.67. The van der Waals surface area contributed by atoms with Crippen LogP contribution in [0.3, 0.4) is 0 Å². The number of aliphatic carboxylic acids is 1. The summed E-state index contributed by atoms with van der Waals surface area (Å²) in [6.07, 6.45) is 0.570. The van der Waals surface area contributed by atoms with Gasteiger partial charge in [-0.1, -0.05) is 61.9 Å². The maximum absolute atomic E-state index is 12.8. The molecule has 0 heterocycles. The maximum Gasteiger partial charge on any atom is 0.407 e. The predicted octanol–water partition coefficient (Wildman–Crippen LogP) is 3.21. The Morgan fingerprint density at radius 2 is 1.53 bits per heavy atom. The zero-order valence-corrected chi connectivity index (χ0v) is 19.9. The summed E-state index contributed by atoms with van der Waals surface area (Å²) in [6, 6.07) is 14.2. The van der Waals surface area contributed by atoms with E-state index >= 15 is 0 Å². The lowest BCUT2D eigenvalue weighted by Crippen LogP contribution is -2.52. The normalized spacial score (nSPS) is 14.1. The summed E-state index contributed by atoms with van der Waals surface area (Å²) in [5.74, 6) is -1.72. The van der Waals surface area contributed by atoms with E-state index in [0.29, 0.717) is 19.4 Å². The summed E-state index contributed by atoms with van der Waals surface area (Å²) in [6.45, 7) is 2.54. The fourth-order valence-corrected chi connectivity index (χ4v) is 4.26. The lowest BCUT2D eigenvalue weighted by Gasteiger charge is -2.22. The van der Waals surface area contributed by atoms with Gasteiger partial charge in [0.2, 0.25) is 5.91 Å². The van der Waals surface area contributed by atoms with Gasteiger partial charge in [-0.05, 0) is 49.2 Å². The third-order valence-corrected chi connectivity index (χ3v) is 6.01. The van der Waals surface area contributed by atoms with Crippen LogP contribution in [0.25, 0.3) is 11.1 Å². The molecular formula is C26H33N3O5. The van der Waals surface area contributed by atoms with E-state index in [4.69, 9.17) is 4.74 Å². The lowest BCUT2D eigenvalue weighted by atomic mass is 9.98. The minimum Gasteiger partial charge on any atom is -0.480 e. The van der Waals surface area contributed by atoms with Crippen molar-refractivity contribution < 1.29 is 24.2 Å². The van der Waals surface area contributed by atoms with Crippen LogP contribution in [0.2, 0.25) is 0 Å². The lowest BCUT2D eigenvalue weighted by molar-refractivity contribution is -0.142. The first-order valence-corrected chi connectivity index (χ1v) is 11.6. The Balaban J connectivity index is 1.62. The molecule has 0 aromatic heterocycles. The summed E-state index contributed by atoms with van der Waals surface area (Å²) in [4.78, 5) is 38.8. The van der Waals surface area contributed by atoms with Crippen molar-refractivity contribution in [1.29, 1.82) is 0 Å². The first kappa shape index (κ1) is 25.2. The Hall–Kier alpha value is -3.39. The van der Waals surface area contributed by atoms with E-state index in [2.05, 4.69) is 22.8 Å². The average Bonchev–Trinajstić information content (AvgIpc) is 3.13. The molecule has 3 N–H and O–H groups in total. The highest BCUT2D eigenvalue weighted by atomic mass is 16.5. The van der Waals surface area contributed by atoms with Gasteiger partial charge in [0.1, 0.15) is 18.7 Å². The smallest absolute Gasteiger partial charge is 0.407 e. The zero-order chi connectivity index (χ0) is 24.7. The summed E-state index contributed by atoms with van der Waals surface area (Å²) >= 11 is 0. The highest BCUT2D eigenvalue weighted by Crippen LogP contribution is 2.44. The summed E-state index contributed by atoms with van der Waals surface area (Å²) in [5.41, 5.74) is 4.47. The van der Waals surface area contributed by atoms with E-state index < -0.39 is 30.1 Å². The van der Waals surface area contributed by atoms with Crippen molar-refractivity contribution in [2.45, 2.75) is 44.2 Å². The van der Waals surface area contributed by atoms with E-state index in [1.807, 2.05) is 62.3 Å². The summed E-state index contributed by atoms with van der Waals surface area (Å²) < 4.78 is 5.55. The molecule has 8 nitrogen and oxygen atoms in total. The van der Waals surface area contributed by atoms with Gasteiger partial charge in [0.25, 0.3) is 0 Å². The van der Waals surface area contributed by atoms with E-state index in [1.165, 1.54) is 0 Å². The molecule has 2 unspecified atom stereocenters. The molecular weight excluding hydrogens is 434 g/mol. The Kier molecular flexibility index (Phi) is 8.65. The third kappa shape index (κ3) is 6.14. The first-order chi connectivity index (χ1) is 16.3. The van der Waals surface area contributed by atoms with Gasteiger partial charge in [-0.2, -0.15) is 0 Å². The van der Waals surface area contributed by atoms with Crippen LogP contribution in [0.5, 0.6) is 0 Å². The molecule has 8 heteroatoms. The second-order valence-corrected chi connectivity index (χ2v) is 8.80. The Morgan fingerprint density at radius 3 is 2.06 bits per heavy atom. The van der Waals surface area contributed by atoms with Crippen molar-refractivity contribution in [3.63, 3.8) is 0 Å². The highest BCUT2D eigenvalue weighted by molar-refractivity contribution is 5.89. The van der Waals surface area contributed by atoms with Crippen molar-refractivity contribution in [2.75, 3.05) is 27.2 Å². The average molecular weight is 468 g/mol. The van der Waals surface area contributed by atoms with Crippen molar-refractivity contribution >= 4 is 18.0 Å². The number of hydrogen-bond donors (Lipinski definition) is 3. The molecule has 2 aromatic rings. The SMILES string of the molecule is CCCC(NC(=O)OCC1c2ccccc2-c2ccccc21)C(=O)NC(CCN(C)C)C(=O)O. The van der Waals surface area contributed by atoms with E-state index in [1.54, 1.807) is 0 Å². The van der Waals surface area contributed by atoms with Gasteiger partial charge in [0.15, 0.2) is 0 Å². The number of hydrogen-bond acceptors (Lipinski definition) is 5. The number of carboxylic acid groups (broad SMARTS) is 1. The number of benzene rings is 2. The molecule has 34 heavy (non-hydrogen) atoms. The number of carbonyl (C=O) groups excluding carboxylic acids is 2. The Morgan fingerprint density at radius 1 is 0.941 bits per heavy atom. The number of nitrogens with zero attached hydrogens (tertiary/aromatic N) is 1. The molecule has 2 aromatic carbocycles. The molecule has 1 aliphatic carbocycles. The number of carbonyl (C=O) groups is 3. The van der Waals surface area contributed by atoms with Crippen LogP contribution in [0, 0.1) is 0 Å². The fraction of sp³-hybridized carbons (Fsp3) is 0.423. The molecule has 1 aliphatic rings. The van der Waals surface area contributed by atoms with Gasteiger partial charge in [0, 0.05) is 12.5 Å². The molecule has 0 saturated carbocycles. The molecule has 0 aliphatic heterocycles. The topological polar surface area (TPSA) is 108 Å². The monoisotopic (exact) mass is 467 g/mol. The van der Waals surface area contributed by atoms with Crippen LogP contribution in [-0.4, -0.2) is 67.3 Å². The molecule has 3 rings (SSSR count). The van der Waals surface area contributed by atoms with Crippen LogP contribution in [0.1, 0.15) is 43.2 Å². The number of carboxylic acids is 1. The van der Waals surface area contributed by atoms with Crippen molar-refractivity contribution in [3.8, 4) is 11.1 Å². The zero-order valence-electron chi connectivity index (χ0n) is 19.9. The number of amides is 2. The molecule has 0 saturated heterocycles. The van der Waals surface area contributed by atoms with Crippen molar-refractivity contribution in [1.82, 2.24) is 15.5 Å². The van der Waals surface area contributed by atoms with E-state index in [9.17, 15) is 19.5 Å². The van der Waals surface area contributed by atoms with Gasteiger partial charge in [-0.3, -0.25) is 4.79 Å². The molecule has 0 fully saturated rings. The maximum atomic E-state index is 12.8. The fourth-order valence-electron chi connectivity index (χ4n) is 4.26. The standard InChI is InChI=1S/C26H33N3O5/c1-4-9-22(24(30)27-23(25(31)32)14-15-29(2)3)28-26(33)34-16-21-19-12-7-5-10-17(19)18-11-6-8-13-20(18)21/h5-8,10-13,21-23H,4,9,14-16H2,1-3H3,(H,27,30)(H,28,33)(H,31,32). The van der Waals surface area contributed by atoms with E-state index in [0.717, 1.165) is 22.3 Å². The number of alkyl carbamates (subject to hydrolysis) is 1. The number of ether oxygens (including phenoxy) is 1. The van der Waals surface area contributed by atoms with Gasteiger partial charge >= 0.3 is 12.1 Å². The molecule has 182 valence electrons. The highest BCUT2D eigenvalue weighted by Gasteiger charge is 2.30. The van der Waals surface area contributed by atoms with Crippen LogP contribution >= 0.6 is 0 Å². The van der Waals surface area contributed by atoms with Crippen LogP contribution in [0.15, 0.2) is 48.5 Å². The number of nitrogens with one attached hydrogen (secondary N) is 2. The Labute approximate surface area is 200 Å².